The third-order valence-electron chi connectivity index (χ3n) is 6.07. The van der Waals surface area contributed by atoms with E-state index in [9.17, 15) is 4.79 Å². The zero-order valence-electron chi connectivity index (χ0n) is 18.4. The molecular weight excluding hydrogens is 388 g/mol. The Morgan fingerprint density at radius 2 is 1.48 bits per heavy atom. The van der Waals surface area contributed by atoms with Crippen molar-refractivity contribution in [2.75, 3.05) is 14.2 Å². The molecule has 0 saturated heterocycles. The maximum Gasteiger partial charge on any atom is 0.352 e. The van der Waals surface area contributed by atoms with Crippen LogP contribution in [0.25, 0.3) is 16.9 Å². The van der Waals surface area contributed by atoms with E-state index in [1.165, 1.54) is 31.2 Å². The summed E-state index contributed by atoms with van der Waals surface area (Å²) in [5.74, 6) is 1.25. The fourth-order valence-corrected chi connectivity index (χ4v) is 4.49. The first-order chi connectivity index (χ1) is 15.2. The molecule has 1 aliphatic rings. The Morgan fingerprint density at radius 1 is 0.806 bits per heavy atom. The zero-order chi connectivity index (χ0) is 21.6. The van der Waals surface area contributed by atoms with Crippen LogP contribution in [0, 0.1) is 0 Å². The smallest absolute Gasteiger partial charge is 0.352 e. The molecule has 0 spiro atoms. The fraction of sp³-hybridized carbons (Fsp3) is 0.385. The number of hydrogen-bond acceptors (Lipinski definition) is 4. The second-order valence-electron chi connectivity index (χ2n) is 8.03. The molecule has 0 saturated carbocycles. The number of fused-ring (bicyclic) bond motifs is 1. The van der Waals surface area contributed by atoms with Crippen molar-refractivity contribution in [2.24, 2.45) is 0 Å². The molecule has 0 unspecified atom stereocenters. The van der Waals surface area contributed by atoms with Gasteiger partial charge in [-0.3, -0.25) is 4.57 Å². The number of nitrogens with zero attached hydrogens (tertiary/aromatic N) is 2. The number of ether oxygens (including phenoxy) is 2. The lowest BCUT2D eigenvalue weighted by Gasteiger charge is -2.21. The highest BCUT2D eigenvalue weighted by molar-refractivity contribution is 5.64. The van der Waals surface area contributed by atoms with Gasteiger partial charge < -0.3 is 9.47 Å². The van der Waals surface area contributed by atoms with Gasteiger partial charge in [0, 0.05) is 17.3 Å². The highest BCUT2D eigenvalue weighted by atomic mass is 16.5. The minimum absolute atomic E-state index is 0.248. The number of rotatable bonds is 4. The Balaban J connectivity index is 1.94. The third kappa shape index (κ3) is 4.50. The minimum Gasteiger partial charge on any atom is -0.493 e. The molecule has 1 heterocycles. The molecule has 5 nitrogen and oxygen atoms in total. The van der Waals surface area contributed by atoms with Crippen LogP contribution < -0.4 is 15.2 Å². The second-order valence-corrected chi connectivity index (χ2v) is 8.03. The summed E-state index contributed by atoms with van der Waals surface area (Å²) in [5.41, 5.74) is 4.63. The first-order valence-corrected chi connectivity index (χ1v) is 11.2. The van der Waals surface area contributed by atoms with E-state index in [1.54, 1.807) is 18.8 Å². The van der Waals surface area contributed by atoms with Crippen molar-refractivity contribution in [3.63, 3.8) is 0 Å². The quantitative estimate of drug-likeness (QED) is 0.573. The van der Waals surface area contributed by atoms with Gasteiger partial charge in [-0.05, 0) is 43.4 Å². The summed E-state index contributed by atoms with van der Waals surface area (Å²) in [5, 5.41) is 0. The molecule has 0 N–H and O–H groups in total. The van der Waals surface area contributed by atoms with Crippen LogP contribution in [-0.4, -0.2) is 23.8 Å². The molecule has 3 aromatic rings. The standard InChI is InChI=1S/C26H30N2O3/c1-30-23-17-16-20(18-24(23)31-2)28-22-15-11-6-4-3-5-10-14-21(22)25(27-26(28)29)19-12-8-7-9-13-19/h7-9,12-13,16-18H,3-6,10-11,14-15H2,1-2H3. The summed E-state index contributed by atoms with van der Waals surface area (Å²) in [7, 11) is 3.22. The van der Waals surface area contributed by atoms with E-state index in [-0.39, 0.29) is 5.69 Å². The second kappa shape index (κ2) is 9.82. The molecule has 0 fully saturated rings. The Hall–Kier alpha value is -3.08. The predicted octanol–water partition coefficient (Wildman–Crippen LogP) is 5.36. The molecule has 0 aliphatic heterocycles. The SMILES string of the molecule is COc1ccc(-n2c3c(c(-c4ccccc4)nc2=O)CCCCCCCC3)cc1OC. The third-order valence-corrected chi connectivity index (χ3v) is 6.07. The van der Waals surface area contributed by atoms with Crippen LogP contribution in [0.1, 0.15) is 49.8 Å². The lowest BCUT2D eigenvalue weighted by Crippen LogP contribution is -2.28. The van der Waals surface area contributed by atoms with E-state index in [0.29, 0.717) is 11.5 Å². The molecule has 1 aromatic heterocycles. The van der Waals surface area contributed by atoms with E-state index in [1.807, 2.05) is 48.5 Å². The van der Waals surface area contributed by atoms with Crippen LogP contribution in [0.5, 0.6) is 11.5 Å². The summed E-state index contributed by atoms with van der Waals surface area (Å²) in [6.45, 7) is 0. The first-order valence-electron chi connectivity index (χ1n) is 11.2. The molecule has 0 atom stereocenters. The van der Waals surface area contributed by atoms with Gasteiger partial charge in [-0.1, -0.05) is 56.0 Å². The highest BCUT2D eigenvalue weighted by Crippen LogP contribution is 2.32. The van der Waals surface area contributed by atoms with Gasteiger partial charge in [0.1, 0.15) is 0 Å². The van der Waals surface area contributed by atoms with Crippen LogP contribution in [-0.2, 0) is 12.8 Å². The number of hydrogen-bond donors (Lipinski definition) is 0. The number of aromatic nitrogens is 2. The highest BCUT2D eigenvalue weighted by Gasteiger charge is 2.20. The Bertz CT molecular complexity index is 1090. The van der Waals surface area contributed by atoms with Crippen molar-refractivity contribution in [1.82, 2.24) is 9.55 Å². The fourth-order valence-electron chi connectivity index (χ4n) is 4.49. The largest absolute Gasteiger partial charge is 0.493 e. The van der Waals surface area contributed by atoms with Crippen molar-refractivity contribution in [3.8, 4) is 28.4 Å². The Labute approximate surface area is 183 Å². The normalized spacial score (nSPS) is 14.5. The average molecular weight is 419 g/mol. The van der Waals surface area contributed by atoms with E-state index in [4.69, 9.17) is 9.47 Å². The number of methoxy groups -OCH3 is 2. The van der Waals surface area contributed by atoms with Crippen molar-refractivity contribution >= 4 is 0 Å². The van der Waals surface area contributed by atoms with Gasteiger partial charge in [0.25, 0.3) is 0 Å². The van der Waals surface area contributed by atoms with Gasteiger partial charge in [-0.2, -0.15) is 4.98 Å². The van der Waals surface area contributed by atoms with Crippen molar-refractivity contribution in [1.29, 1.82) is 0 Å². The predicted molar refractivity (Wildman–Crippen MR) is 123 cm³/mol. The first kappa shape index (κ1) is 21.2. The van der Waals surface area contributed by atoms with Gasteiger partial charge in [0.15, 0.2) is 11.5 Å². The summed E-state index contributed by atoms with van der Waals surface area (Å²) in [6.07, 6.45) is 8.90. The lowest BCUT2D eigenvalue weighted by atomic mass is 9.94. The summed E-state index contributed by atoms with van der Waals surface area (Å²) in [6, 6.07) is 15.7. The molecule has 1 aliphatic carbocycles. The van der Waals surface area contributed by atoms with Gasteiger partial charge in [0.2, 0.25) is 0 Å². The topological polar surface area (TPSA) is 53.4 Å². The van der Waals surface area contributed by atoms with Crippen molar-refractivity contribution < 1.29 is 9.47 Å². The summed E-state index contributed by atoms with van der Waals surface area (Å²) in [4.78, 5) is 18.0. The summed E-state index contributed by atoms with van der Waals surface area (Å²) >= 11 is 0. The Kier molecular flexibility index (Phi) is 6.70. The molecular formula is C26H30N2O3. The molecule has 0 bridgehead atoms. The average Bonchev–Trinajstić information content (AvgIpc) is 2.82. The summed E-state index contributed by atoms with van der Waals surface area (Å²) < 4.78 is 12.7. The van der Waals surface area contributed by atoms with Crippen LogP contribution in [0.3, 0.4) is 0 Å². The van der Waals surface area contributed by atoms with E-state index >= 15 is 0 Å². The Morgan fingerprint density at radius 3 is 2.19 bits per heavy atom. The van der Waals surface area contributed by atoms with Gasteiger partial charge in [-0.15, -0.1) is 0 Å². The monoisotopic (exact) mass is 418 g/mol. The molecule has 31 heavy (non-hydrogen) atoms. The van der Waals surface area contributed by atoms with Crippen molar-refractivity contribution in [3.05, 3.63) is 70.3 Å². The van der Waals surface area contributed by atoms with Gasteiger partial charge in [-0.25, -0.2) is 4.79 Å². The zero-order valence-corrected chi connectivity index (χ0v) is 18.4. The number of benzene rings is 2. The van der Waals surface area contributed by atoms with Crippen LogP contribution in [0.4, 0.5) is 0 Å². The maximum atomic E-state index is 13.4. The van der Waals surface area contributed by atoms with Crippen LogP contribution in [0.15, 0.2) is 53.3 Å². The van der Waals surface area contributed by atoms with Gasteiger partial charge in [0.05, 0.1) is 25.6 Å². The minimum atomic E-state index is -0.248. The van der Waals surface area contributed by atoms with E-state index < -0.39 is 0 Å². The molecule has 162 valence electrons. The van der Waals surface area contributed by atoms with E-state index in [2.05, 4.69) is 4.98 Å². The molecule has 4 rings (SSSR count). The lowest BCUT2D eigenvalue weighted by molar-refractivity contribution is 0.355. The van der Waals surface area contributed by atoms with Crippen molar-refractivity contribution in [2.45, 2.75) is 51.4 Å². The molecule has 5 heteroatoms. The molecule has 0 radical (unpaired) electrons. The van der Waals surface area contributed by atoms with Crippen LogP contribution in [0.2, 0.25) is 0 Å². The molecule has 0 amide bonds. The maximum absolute atomic E-state index is 13.4. The van der Waals surface area contributed by atoms with Gasteiger partial charge >= 0.3 is 5.69 Å². The molecule has 2 aromatic carbocycles. The van der Waals surface area contributed by atoms with Crippen LogP contribution >= 0.6 is 0 Å². The van der Waals surface area contributed by atoms with E-state index in [0.717, 1.165) is 48.3 Å².